The summed E-state index contributed by atoms with van der Waals surface area (Å²) in [4.78, 5) is 25.6. The molecule has 0 aromatic heterocycles. The highest BCUT2D eigenvalue weighted by Crippen LogP contribution is 2.18. The van der Waals surface area contributed by atoms with Crippen LogP contribution in [0.25, 0.3) is 0 Å². The molecule has 23 heavy (non-hydrogen) atoms. The average molecular weight is 317 g/mol. The maximum atomic E-state index is 11.7. The Morgan fingerprint density at radius 3 is 2.39 bits per heavy atom. The summed E-state index contributed by atoms with van der Waals surface area (Å²) in [6.45, 7) is 6.16. The fourth-order valence-electron chi connectivity index (χ4n) is 2.83. The third-order valence-electron chi connectivity index (χ3n) is 4.25. The molecule has 1 heterocycles. The van der Waals surface area contributed by atoms with Gasteiger partial charge in [0, 0.05) is 19.6 Å². The number of amides is 2. The number of carbonyl (C=O) groups is 2. The topological polar surface area (TPSA) is 61.4 Å². The van der Waals surface area contributed by atoms with Gasteiger partial charge in [0.15, 0.2) is 0 Å². The number of nitrogens with zero attached hydrogens (tertiary/aromatic N) is 1. The monoisotopic (exact) mass is 317 g/mol. The molecule has 1 saturated heterocycles. The highest BCUT2D eigenvalue weighted by Gasteiger charge is 2.21. The van der Waals surface area contributed by atoms with Gasteiger partial charge in [0.05, 0.1) is 0 Å². The van der Waals surface area contributed by atoms with Crippen LogP contribution in [0, 0.1) is 5.92 Å². The number of hydrogen-bond acceptors (Lipinski definition) is 3. The summed E-state index contributed by atoms with van der Waals surface area (Å²) in [6, 6.07) is 10.5. The van der Waals surface area contributed by atoms with Crippen LogP contribution in [0.5, 0.6) is 0 Å². The molecular weight excluding hydrogens is 290 g/mol. The maximum absolute atomic E-state index is 11.7. The summed E-state index contributed by atoms with van der Waals surface area (Å²) in [7, 11) is 0. The van der Waals surface area contributed by atoms with Gasteiger partial charge in [-0.3, -0.25) is 14.5 Å². The van der Waals surface area contributed by atoms with Gasteiger partial charge in [-0.25, -0.2) is 0 Å². The van der Waals surface area contributed by atoms with Crippen LogP contribution in [-0.4, -0.2) is 42.9 Å². The third kappa shape index (κ3) is 6.02. The molecule has 1 aromatic carbocycles. The van der Waals surface area contributed by atoms with E-state index in [1.807, 2.05) is 13.0 Å². The number of likely N-dealkylation sites (tertiary alicyclic amines) is 1. The van der Waals surface area contributed by atoms with Crippen molar-refractivity contribution in [1.82, 2.24) is 15.5 Å². The van der Waals surface area contributed by atoms with E-state index in [-0.39, 0.29) is 0 Å². The van der Waals surface area contributed by atoms with Crippen LogP contribution < -0.4 is 10.6 Å². The Bertz CT molecular complexity index is 496. The van der Waals surface area contributed by atoms with Crippen LogP contribution in [-0.2, 0) is 16.1 Å². The number of nitrogens with one attached hydrogen (secondary N) is 2. The molecule has 5 heteroatoms. The Labute approximate surface area is 138 Å². The van der Waals surface area contributed by atoms with E-state index in [9.17, 15) is 9.59 Å². The summed E-state index contributed by atoms with van der Waals surface area (Å²) in [5, 5.41) is 5.35. The van der Waals surface area contributed by atoms with E-state index in [0.717, 1.165) is 38.9 Å². The molecule has 0 atom stereocenters. The standard InChI is InChI=1S/C18H27N3O2/c1-2-10-19-17(22)18(23)20-13-15-8-11-21(12-9-15)14-16-6-4-3-5-7-16/h3-7,15H,2,8-14H2,1H3,(H,19,22)(H,20,23). The third-order valence-corrected chi connectivity index (χ3v) is 4.25. The molecule has 0 bridgehead atoms. The summed E-state index contributed by atoms with van der Waals surface area (Å²) < 4.78 is 0. The van der Waals surface area contributed by atoms with Crippen molar-refractivity contribution in [3.05, 3.63) is 35.9 Å². The lowest BCUT2D eigenvalue weighted by Crippen LogP contribution is -2.43. The van der Waals surface area contributed by atoms with Gasteiger partial charge in [0.1, 0.15) is 0 Å². The van der Waals surface area contributed by atoms with Crippen molar-refractivity contribution in [2.45, 2.75) is 32.7 Å². The highest BCUT2D eigenvalue weighted by atomic mass is 16.2. The molecule has 0 saturated carbocycles. The van der Waals surface area contributed by atoms with Gasteiger partial charge < -0.3 is 10.6 Å². The van der Waals surface area contributed by atoms with Gasteiger partial charge in [-0.05, 0) is 43.8 Å². The highest BCUT2D eigenvalue weighted by molar-refractivity contribution is 6.35. The second-order valence-electron chi connectivity index (χ2n) is 6.17. The van der Waals surface area contributed by atoms with E-state index >= 15 is 0 Å². The lowest BCUT2D eigenvalue weighted by Gasteiger charge is -2.32. The van der Waals surface area contributed by atoms with Crippen molar-refractivity contribution < 1.29 is 9.59 Å². The minimum atomic E-state index is -0.520. The van der Waals surface area contributed by atoms with Crippen molar-refractivity contribution >= 4 is 11.8 Å². The first kappa shape index (κ1) is 17.5. The average Bonchev–Trinajstić information content (AvgIpc) is 2.59. The molecule has 2 rings (SSSR count). The van der Waals surface area contributed by atoms with Crippen LogP contribution in [0.1, 0.15) is 31.7 Å². The molecule has 2 amide bonds. The van der Waals surface area contributed by atoms with E-state index < -0.39 is 11.8 Å². The Morgan fingerprint density at radius 1 is 1.09 bits per heavy atom. The van der Waals surface area contributed by atoms with Gasteiger partial charge in [0.25, 0.3) is 0 Å². The zero-order chi connectivity index (χ0) is 16.5. The fourth-order valence-corrected chi connectivity index (χ4v) is 2.83. The Morgan fingerprint density at radius 2 is 1.74 bits per heavy atom. The fraction of sp³-hybridized carbons (Fsp3) is 0.556. The van der Waals surface area contributed by atoms with Crippen molar-refractivity contribution in [1.29, 1.82) is 0 Å². The molecule has 2 N–H and O–H groups in total. The van der Waals surface area contributed by atoms with Gasteiger partial charge in [-0.15, -0.1) is 0 Å². The minimum Gasteiger partial charge on any atom is -0.348 e. The largest absolute Gasteiger partial charge is 0.348 e. The van der Waals surface area contributed by atoms with E-state index in [4.69, 9.17) is 0 Å². The van der Waals surface area contributed by atoms with Crippen molar-refractivity contribution in [3.63, 3.8) is 0 Å². The second-order valence-corrected chi connectivity index (χ2v) is 6.17. The SMILES string of the molecule is CCCNC(=O)C(=O)NCC1CCN(Cc2ccccc2)CC1. The first-order chi connectivity index (χ1) is 11.2. The quantitative estimate of drug-likeness (QED) is 0.783. The Kier molecular flexibility index (Phi) is 7.07. The van der Waals surface area contributed by atoms with Crippen LogP contribution in [0.4, 0.5) is 0 Å². The second kappa shape index (κ2) is 9.30. The number of hydrogen-bond donors (Lipinski definition) is 2. The predicted octanol–water partition coefficient (Wildman–Crippen LogP) is 1.54. The van der Waals surface area contributed by atoms with Gasteiger partial charge in [0.2, 0.25) is 0 Å². The molecule has 1 aliphatic heterocycles. The number of rotatable bonds is 6. The normalized spacial score (nSPS) is 16.0. The molecule has 0 unspecified atom stereocenters. The summed E-state index contributed by atoms with van der Waals surface area (Å²) in [5.74, 6) is -0.566. The molecule has 1 fully saturated rings. The maximum Gasteiger partial charge on any atom is 0.309 e. The molecule has 0 radical (unpaired) electrons. The predicted molar refractivity (Wildman–Crippen MR) is 90.8 cm³/mol. The smallest absolute Gasteiger partial charge is 0.309 e. The summed E-state index contributed by atoms with van der Waals surface area (Å²) >= 11 is 0. The molecule has 0 aliphatic carbocycles. The van der Waals surface area contributed by atoms with E-state index in [0.29, 0.717) is 19.0 Å². The van der Waals surface area contributed by atoms with Crippen molar-refractivity contribution in [2.75, 3.05) is 26.2 Å². The molecule has 126 valence electrons. The zero-order valence-corrected chi connectivity index (χ0v) is 13.9. The van der Waals surface area contributed by atoms with Crippen molar-refractivity contribution in [2.24, 2.45) is 5.92 Å². The molecule has 0 spiro atoms. The van der Waals surface area contributed by atoms with Gasteiger partial charge in [-0.2, -0.15) is 0 Å². The van der Waals surface area contributed by atoms with Crippen molar-refractivity contribution in [3.8, 4) is 0 Å². The Hall–Kier alpha value is -1.88. The summed E-state index contributed by atoms with van der Waals surface area (Å²) in [6.07, 6.45) is 2.95. The van der Waals surface area contributed by atoms with E-state index in [1.165, 1.54) is 5.56 Å². The van der Waals surface area contributed by atoms with Gasteiger partial charge in [-0.1, -0.05) is 37.3 Å². The minimum absolute atomic E-state index is 0.463. The number of benzene rings is 1. The molecule has 5 nitrogen and oxygen atoms in total. The lowest BCUT2D eigenvalue weighted by molar-refractivity contribution is -0.139. The van der Waals surface area contributed by atoms with E-state index in [1.54, 1.807) is 0 Å². The molecular formula is C18H27N3O2. The first-order valence-electron chi connectivity index (χ1n) is 8.51. The number of carbonyl (C=O) groups excluding carboxylic acids is 2. The van der Waals surface area contributed by atoms with Crippen LogP contribution in [0.3, 0.4) is 0 Å². The zero-order valence-electron chi connectivity index (χ0n) is 13.9. The van der Waals surface area contributed by atoms with E-state index in [2.05, 4.69) is 39.8 Å². The van der Waals surface area contributed by atoms with Crippen LogP contribution >= 0.6 is 0 Å². The molecule has 1 aromatic rings. The van der Waals surface area contributed by atoms with Gasteiger partial charge >= 0.3 is 11.8 Å². The summed E-state index contributed by atoms with van der Waals surface area (Å²) in [5.41, 5.74) is 1.34. The first-order valence-corrected chi connectivity index (χ1v) is 8.51. The Balaban J connectivity index is 1.65. The lowest BCUT2D eigenvalue weighted by atomic mass is 9.96. The van der Waals surface area contributed by atoms with Crippen LogP contribution in [0.15, 0.2) is 30.3 Å². The van der Waals surface area contributed by atoms with Crippen LogP contribution in [0.2, 0.25) is 0 Å². The molecule has 1 aliphatic rings. The number of piperidine rings is 1.